The predicted octanol–water partition coefficient (Wildman–Crippen LogP) is -1.01. The molecule has 0 spiro atoms. The van der Waals surface area contributed by atoms with Gasteiger partial charge in [0.15, 0.2) is 0 Å². The van der Waals surface area contributed by atoms with Gasteiger partial charge in [0.2, 0.25) is 29.5 Å². The number of likely N-dealkylation sites (tertiary alicyclic amines) is 1. The molecule has 4 atom stereocenters. The number of aromatic amines is 1. The quantitative estimate of drug-likeness (QED) is 0.154. The Labute approximate surface area is 243 Å². The van der Waals surface area contributed by atoms with Crippen molar-refractivity contribution in [2.24, 2.45) is 11.7 Å². The van der Waals surface area contributed by atoms with Crippen molar-refractivity contribution < 1.29 is 33.9 Å². The fourth-order valence-corrected chi connectivity index (χ4v) is 4.94. The Bertz CT molecular complexity index is 1320. The first-order valence-corrected chi connectivity index (χ1v) is 13.9. The highest BCUT2D eigenvalue weighted by atomic mass is 16.4. The minimum atomic E-state index is -1.22. The number of para-hydroxylation sites is 1. The number of carbonyl (C=O) groups excluding carboxylic acids is 5. The standard InChI is InChI=1S/C28H39N7O7/c1-15(2)24(34-22(36)12-29)26(39)32-16(3)27(40)35-10-6-9-21(35)25(38)31-14-23(37)33-20(28(41)42)11-17-13-30-19-8-5-4-7-18(17)19/h4-5,7-8,13,15-16,20-21,24,30H,6,9-12,14,29H2,1-3H3,(H,31,38)(H,32,39)(H,33,37)(H,34,36)(H,41,42)/t16-,20-,21-,24-/m0/s1. The van der Waals surface area contributed by atoms with Crippen molar-refractivity contribution in [3.05, 3.63) is 36.0 Å². The summed E-state index contributed by atoms with van der Waals surface area (Å²) in [6.07, 6.45) is 2.65. The normalized spacial score (nSPS) is 16.9. The van der Waals surface area contributed by atoms with Crippen molar-refractivity contribution in [3.8, 4) is 0 Å². The summed E-state index contributed by atoms with van der Waals surface area (Å²) in [7, 11) is 0. The maximum absolute atomic E-state index is 13.1. The molecule has 0 unspecified atom stereocenters. The molecule has 1 fully saturated rings. The van der Waals surface area contributed by atoms with Crippen LogP contribution in [0.1, 0.15) is 39.2 Å². The van der Waals surface area contributed by atoms with E-state index in [9.17, 15) is 33.9 Å². The van der Waals surface area contributed by atoms with Crippen molar-refractivity contribution >= 4 is 46.4 Å². The van der Waals surface area contributed by atoms with Crippen LogP contribution in [0.3, 0.4) is 0 Å². The number of nitrogens with zero attached hydrogens (tertiary/aromatic N) is 1. The molecule has 2 heterocycles. The van der Waals surface area contributed by atoms with Crippen molar-refractivity contribution in [1.82, 2.24) is 31.2 Å². The van der Waals surface area contributed by atoms with Gasteiger partial charge in [-0.2, -0.15) is 0 Å². The molecule has 42 heavy (non-hydrogen) atoms. The number of amides is 5. The molecule has 0 radical (unpaired) electrons. The Kier molecular flexibility index (Phi) is 11.0. The van der Waals surface area contributed by atoms with E-state index in [1.54, 1.807) is 20.0 Å². The van der Waals surface area contributed by atoms with E-state index in [2.05, 4.69) is 26.3 Å². The third-order valence-electron chi connectivity index (χ3n) is 7.17. The van der Waals surface area contributed by atoms with Crippen molar-refractivity contribution in [2.45, 2.75) is 64.2 Å². The molecule has 1 saturated heterocycles. The van der Waals surface area contributed by atoms with Crippen LogP contribution in [0.25, 0.3) is 10.9 Å². The van der Waals surface area contributed by atoms with Gasteiger partial charge in [0, 0.05) is 30.1 Å². The maximum Gasteiger partial charge on any atom is 0.326 e. The second-order valence-electron chi connectivity index (χ2n) is 10.7. The van der Waals surface area contributed by atoms with E-state index in [4.69, 9.17) is 5.73 Å². The highest BCUT2D eigenvalue weighted by molar-refractivity contribution is 5.95. The van der Waals surface area contributed by atoms with Crippen LogP contribution >= 0.6 is 0 Å². The van der Waals surface area contributed by atoms with Gasteiger partial charge in [-0.15, -0.1) is 0 Å². The van der Waals surface area contributed by atoms with Crippen LogP contribution in [0, 0.1) is 5.92 Å². The van der Waals surface area contributed by atoms with E-state index in [0.29, 0.717) is 12.8 Å². The van der Waals surface area contributed by atoms with E-state index in [-0.39, 0.29) is 25.4 Å². The SMILES string of the molecule is CC(C)[C@H](NC(=O)CN)C(=O)N[C@@H](C)C(=O)N1CCC[C@H]1C(=O)NCC(=O)N[C@@H](Cc1c[nH]c2ccccc12)C(=O)O. The molecule has 1 aromatic carbocycles. The molecule has 3 rings (SSSR count). The zero-order chi connectivity index (χ0) is 31.0. The molecule has 0 saturated carbocycles. The molecule has 0 bridgehead atoms. The topological polar surface area (TPSA) is 216 Å². The van der Waals surface area contributed by atoms with Gasteiger partial charge in [0.1, 0.15) is 24.2 Å². The van der Waals surface area contributed by atoms with Gasteiger partial charge in [-0.1, -0.05) is 32.0 Å². The van der Waals surface area contributed by atoms with Gasteiger partial charge in [-0.05, 0) is 37.3 Å². The van der Waals surface area contributed by atoms with Crippen LogP contribution in [0.5, 0.6) is 0 Å². The molecular weight excluding hydrogens is 546 g/mol. The first-order chi connectivity index (χ1) is 19.9. The maximum atomic E-state index is 13.1. The minimum absolute atomic E-state index is 0.0428. The number of benzene rings is 1. The molecule has 14 heteroatoms. The van der Waals surface area contributed by atoms with Gasteiger partial charge in [0.05, 0.1) is 13.1 Å². The van der Waals surface area contributed by atoms with E-state index in [1.165, 1.54) is 11.8 Å². The lowest BCUT2D eigenvalue weighted by molar-refractivity contribution is -0.142. The molecule has 228 valence electrons. The average Bonchev–Trinajstić information content (AvgIpc) is 3.61. The van der Waals surface area contributed by atoms with E-state index in [0.717, 1.165) is 16.5 Å². The van der Waals surface area contributed by atoms with Crippen LogP contribution < -0.4 is 27.0 Å². The summed E-state index contributed by atoms with van der Waals surface area (Å²) in [6, 6.07) is 3.46. The fourth-order valence-electron chi connectivity index (χ4n) is 4.94. The van der Waals surface area contributed by atoms with Gasteiger partial charge in [-0.25, -0.2) is 4.79 Å². The van der Waals surface area contributed by atoms with Gasteiger partial charge >= 0.3 is 5.97 Å². The number of rotatable bonds is 13. The third kappa shape index (κ3) is 8.06. The van der Waals surface area contributed by atoms with Gasteiger partial charge in [0.25, 0.3) is 0 Å². The first kappa shape index (κ1) is 32.1. The number of aliphatic carboxylic acids is 1. The zero-order valence-corrected chi connectivity index (χ0v) is 23.9. The number of hydrogen-bond donors (Lipinski definition) is 7. The second kappa shape index (κ2) is 14.4. The summed E-state index contributed by atoms with van der Waals surface area (Å²) >= 11 is 0. The molecule has 5 amide bonds. The molecule has 2 aromatic rings. The van der Waals surface area contributed by atoms with Crippen molar-refractivity contribution in [2.75, 3.05) is 19.6 Å². The highest BCUT2D eigenvalue weighted by Gasteiger charge is 2.37. The number of nitrogens with one attached hydrogen (secondary N) is 5. The number of carboxylic acids is 1. The molecule has 1 aliphatic rings. The summed E-state index contributed by atoms with van der Waals surface area (Å²) in [5.41, 5.74) is 6.90. The lowest BCUT2D eigenvalue weighted by Crippen LogP contribution is -2.57. The van der Waals surface area contributed by atoms with Crippen LogP contribution in [0.15, 0.2) is 30.5 Å². The Morgan fingerprint density at radius 2 is 1.76 bits per heavy atom. The van der Waals surface area contributed by atoms with Crippen LogP contribution in [0.2, 0.25) is 0 Å². The summed E-state index contributed by atoms with van der Waals surface area (Å²) in [5, 5.41) is 20.6. The number of carboxylic acid groups (broad SMARTS) is 1. The van der Waals surface area contributed by atoms with Crippen molar-refractivity contribution in [1.29, 1.82) is 0 Å². The molecule has 1 aromatic heterocycles. The summed E-state index contributed by atoms with van der Waals surface area (Å²) in [5.74, 6) is -4.27. The number of nitrogens with two attached hydrogens (primary N) is 1. The number of H-pyrrole nitrogens is 1. The molecule has 8 N–H and O–H groups in total. The molecule has 1 aliphatic heterocycles. The zero-order valence-electron chi connectivity index (χ0n) is 23.9. The Morgan fingerprint density at radius 3 is 2.43 bits per heavy atom. The van der Waals surface area contributed by atoms with Crippen LogP contribution in [0.4, 0.5) is 0 Å². The highest BCUT2D eigenvalue weighted by Crippen LogP contribution is 2.20. The summed E-state index contributed by atoms with van der Waals surface area (Å²) in [6.45, 7) is 4.50. The largest absolute Gasteiger partial charge is 0.480 e. The Balaban J connectivity index is 1.54. The number of aromatic nitrogens is 1. The van der Waals surface area contributed by atoms with Crippen LogP contribution in [-0.4, -0.2) is 94.3 Å². The van der Waals surface area contributed by atoms with E-state index in [1.807, 2.05) is 24.3 Å². The molecule has 14 nitrogen and oxygen atoms in total. The average molecular weight is 586 g/mol. The van der Waals surface area contributed by atoms with Crippen molar-refractivity contribution in [3.63, 3.8) is 0 Å². The number of carbonyl (C=O) groups is 6. The second-order valence-corrected chi connectivity index (χ2v) is 10.7. The minimum Gasteiger partial charge on any atom is -0.480 e. The molecule has 0 aliphatic carbocycles. The van der Waals surface area contributed by atoms with Crippen LogP contribution in [-0.2, 0) is 35.2 Å². The van der Waals surface area contributed by atoms with E-state index >= 15 is 0 Å². The Morgan fingerprint density at radius 1 is 1.05 bits per heavy atom. The lowest BCUT2D eigenvalue weighted by atomic mass is 10.0. The summed E-state index contributed by atoms with van der Waals surface area (Å²) < 4.78 is 0. The number of fused-ring (bicyclic) bond motifs is 1. The lowest BCUT2D eigenvalue weighted by Gasteiger charge is -2.29. The monoisotopic (exact) mass is 585 g/mol. The van der Waals surface area contributed by atoms with E-state index < -0.39 is 66.2 Å². The fraction of sp³-hybridized carbons (Fsp3) is 0.500. The summed E-state index contributed by atoms with van der Waals surface area (Å²) in [4.78, 5) is 79.4. The van der Waals surface area contributed by atoms with Gasteiger partial charge in [-0.3, -0.25) is 24.0 Å². The molecular formula is C28H39N7O7. The number of hydrogen-bond acceptors (Lipinski definition) is 7. The van der Waals surface area contributed by atoms with Gasteiger partial charge < -0.3 is 42.0 Å². The third-order valence-corrected chi connectivity index (χ3v) is 7.17. The smallest absolute Gasteiger partial charge is 0.326 e. The predicted molar refractivity (Wildman–Crippen MR) is 153 cm³/mol. The first-order valence-electron chi connectivity index (χ1n) is 13.9. The Hall–Kier alpha value is -4.46.